The van der Waals surface area contributed by atoms with Crippen molar-refractivity contribution >= 4 is 23.2 Å². The molecule has 0 atom stereocenters. The van der Waals surface area contributed by atoms with Crippen LogP contribution in [0.3, 0.4) is 0 Å². The topological polar surface area (TPSA) is 78.4 Å². The van der Waals surface area contributed by atoms with E-state index < -0.39 is 0 Å². The van der Waals surface area contributed by atoms with Crippen molar-refractivity contribution in [3.8, 4) is 0 Å². The third-order valence-electron chi connectivity index (χ3n) is 4.58. The van der Waals surface area contributed by atoms with E-state index in [2.05, 4.69) is 32.2 Å². The van der Waals surface area contributed by atoms with Crippen LogP contribution in [0, 0.1) is 0 Å². The first-order valence-corrected chi connectivity index (χ1v) is 8.80. The second kappa shape index (κ2) is 8.05. The van der Waals surface area contributed by atoms with E-state index in [1.807, 2.05) is 6.07 Å². The minimum atomic E-state index is -0.324. The van der Waals surface area contributed by atoms with Gasteiger partial charge in [-0.3, -0.25) is 9.59 Å². The predicted molar refractivity (Wildman–Crippen MR) is 101 cm³/mol. The first kappa shape index (κ1) is 18.0. The van der Waals surface area contributed by atoms with Crippen LogP contribution in [0.5, 0.6) is 0 Å². The van der Waals surface area contributed by atoms with Gasteiger partial charge in [-0.05, 0) is 49.9 Å². The van der Waals surface area contributed by atoms with Crippen LogP contribution in [0.1, 0.15) is 34.7 Å². The van der Waals surface area contributed by atoms with Crippen molar-refractivity contribution < 1.29 is 9.59 Å². The summed E-state index contributed by atoms with van der Waals surface area (Å²) in [4.78, 5) is 28.2. The van der Waals surface area contributed by atoms with Gasteiger partial charge in [-0.15, -0.1) is 10.2 Å². The Morgan fingerprint density at radius 3 is 2.23 bits per heavy atom. The molecule has 0 spiro atoms. The zero-order valence-corrected chi connectivity index (χ0v) is 15.1. The molecule has 0 radical (unpaired) electrons. The molecule has 1 aliphatic heterocycles. The van der Waals surface area contributed by atoms with Crippen molar-refractivity contribution in [1.29, 1.82) is 0 Å². The van der Waals surface area contributed by atoms with Crippen LogP contribution in [0.15, 0.2) is 36.4 Å². The summed E-state index contributed by atoms with van der Waals surface area (Å²) in [7, 11) is 0. The highest BCUT2D eigenvalue weighted by molar-refractivity contribution is 6.03. The number of ketones is 1. The number of Topliss-reactive ketones (excluding diaryl/α,β-unsaturated/α-hetero) is 1. The summed E-state index contributed by atoms with van der Waals surface area (Å²) in [5, 5.41) is 11.0. The summed E-state index contributed by atoms with van der Waals surface area (Å²) < 4.78 is 0. The van der Waals surface area contributed by atoms with Gasteiger partial charge in [0.25, 0.3) is 5.91 Å². The van der Waals surface area contributed by atoms with E-state index in [4.69, 9.17) is 0 Å². The zero-order valence-electron chi connectivity index (χ0n) is 15.1. The molecule has 0 bridgehead atoms. The normalized spacial score (nSPS) is 14.9. The standard InChI is InChI=1S/C19H23N5O2/c1-3-23-10-12-24(13-11-23)18-9-8-17(21-22-18)19(26)20-16-6-4-15(5-7-16)14(2)25/h4-9H,3,10-13H2,1-2H3,(H,20,26). The first-order valence-electron chi connectivity index (χ1n) is 8.80. The maximum atomic E-state index is 12.3. The van der Waals surface area contributed by atoms with E-state index in [-0.39, 0.29) is 17.4 Å². The van der Waals surface area contributed by atoms with Gasteiger partial charge in [0.2, 0.25) is 0 Å². The van der Waals surface area contributed by atoms with Gasteiger partial charge in [0.05, 0.1) is 0 Å². The van der Waals surface area contributed by atoms with Gasteiger partial charge >= 0.3 is 0 Å². The number of anilines is 2. The number of piperazine rings is 1. The average Bonchev–Trinajstić information content (AvgIpc) is 2.68. The molecule has 1 fully saturated rings. The van der Waals surface area contributed by atoms with Crippen LogP contribution < -0.4 is 10.2 Å². The lowest BCUT2D eigenvalue weighted by molar-refractivity contribution is 0.101. The van der Waals surface area contributed by atoms with Crippen molar-refractivity contribution in [2.24, 2.45) is 0 Å². The molecule has 3 rings (SSSR count). The molecule has 26 heavy (non-hydrogen) atoms. The Hall–Kier alpha value is -2.80. The molecule has 1 aliphatic rings. The molecule has 1 aromatic carbocycles. The number of nitrogens with one attached hydrogen (secondary N) is 1. The third-order valence-corrected chi connectivity index (χ3v) is 4.58. The van der Waals surface area contributed by atoms with Gasteiger partial charge in [0.1, 0.15) is 0 Å². The Morgan fingerprint density at radius 2 is 1.69 bits per heavy atom. The Kier molecular flexibility index (Phi) is 5.58. The number of carbonyl (C=O) groups is 2. The summed E-state index contributed by atoms with van der Waals surface area (Å²) in [5.74, 6) is 0.461. The number of hydrogen-bond donors (Lipinski definition) is 1. The summed E-state index contributed by atoms with van der Waals surface area (Å²) in [6, 6.07) is 10.3. The van der Waals surface area contributed by atoms with Gasteiger partial charge in [-0.2, -0.15) is 0 Å². The van der Waals surface area contributed by atoms with Crippen molar-refractivity contribution in [3.63, 3.8) is 0 Å². The third kappa shape index (κ3) is 4.23. The molecule has 1 amide bonds. The number of nitrogens with zero attached hydrogens (tertiary/aromatic N) is 4. The Morgan fingerprint density at radius 1 is 1.00 bits per heavy atom. The van der Waals surface area contributed by atoms with Gasteiger partial charge in [0, 0.05) is 37.4 Å². The molecular formula is C19H23N5O2. The molecule has 136 valence electrons. The average molecular weight is 353 g/mol. The molecule has 2 heterocycles. The second-order valence-electron chi connectivity index (χ2n) is 6.29. The summed E-state index contributed by atoms with van der Waals surface area (Å²) in [6.45, 7) is 8.58. The highest BCUT2D eigenvalue weighted by atomic mass is 16.2. The van der Waals surface area contributed by atoms with E-state index in [0.29, 0.717) is 11.3 Å². The molecule has 0 saturated carbocycles. The van der Waals surface area contributed by atoms with Crippen LogP contribution >= 0.6 is 0 Å². The fourth-order valence-electron chi connectivity index (χ4n) is 2.89. The molecule has 1 N–H and O–H groups in total. The quantitative estimate of drug-likeness (QED) is 0.829. The SMILES string of the molecule is CCN1CCN(c2ccc(C(=O)Nc3ccc(C(C)=O)cc3)nn2)CC1. The predicted octanol–water partition coefficient (Wildman–Crippen LogP) is 2.07. The summed E-state index contributed by atoms with van der Waals surface area (Å²) in [5.41, 5.74) is 1.48. The fraction of sp³-hybridized carbons (Fsp3) is 0.368. The van der Waals surface area contributed by atoms with Crippen LogP contribution in [-0.4, -0.2) is 59.5 Å². The summed E-state index contributed by atoms with van der Waals surface area (Å²) >= 11 is 0. The molecule has 2 aromatic rings. The number of benzene rings is 1. The number of amides is 1. The Labute approximate surface area is 153 Å². The molecule has 0 unspecified atom stereocenters. The van der Waals surface area contributed by atoms with Crippen molar-refractivity contribution in [1.82, 2.24) is 15.1 Å². The first-order chi connectivity index (χ1) is 12.6. The maximum absolute atomic E-state index is 12.3. The van der Waals surface area contributed by atoms with Gasteiger partial charge < -0.3 is 15.1 Å². The number of hydrogen-bond acceptors (Lipinski definition) is 6. The van der Waals surface area contributed by atoms with Gasteiger partial charge in [-0.1, -0.05) is 6.92 Å². The smallest absolute Gasteiger partial charge is 0.276 e. The number of likely N-dealkylation sites (N-methyl/N-ethyl adjacent to an activating group) is 1. The van der Waals surface area contributed by atoms with E-state index in [9.17, 15) is 9.59 Å². The molecule has 1 saturated heterocycles. The van der Waals surface area contributed by atoms with Crippen molar-refractivity contribution in [2.45, 2.75) is 13.8 Å². The minimum absolute atomic E-state index is 0.0101. The van der Waals surface area contributed by atoms with Crippen LogP contribution in [0.2, 0.25) is 0 Å². The lowest BCUT2D eigenvalue weighted by atomic mass is 10.1. The molecule has 1 aromatic heterocycles. The van der Waals surface area contributed by atoms with E-state index >= 15 is 0 Å². The van der Waals surface area contributed by atoms with Gasteiger partial charge in [0.15, 0.2) is 17.3 Å². The number of rotatable bonds is 5. The van der Waals surface area contributed by atoms with E-state index in [0.717, 1.165) is 38.5 Å². The lowest BCUT2D eigenvalue weighted by Gasteiger charge is -2.34. The highest BCUT2D eigenvalue weighted by Gasteiger charge is 2.18. The largest absolute Gasteiger partial charge is 0.353 e. The number of carbonyl (C=O) groups excluding carboxylic acids is 2. The van der Waals surface area contributed by atoms with Crippen LogP contribution in [0.4, 0.5) is 11.5 Å². The molecule has 7 heteroatoms. The fourth-order valence-corrected chi connectivity index (χ4v) is 2.89. The van der Waals surface area contributed by atoms with Gasteiger partial charge in [-0.25, -0.2) is 0 Å². The molecule has 0 aliphatic carbocycles. The zero-order chi connectivity index (χ0) is 18.5. The number of aromatic nitrogens is 2. The minimum Gasteiger partial charge on any atom is -0.353 e. The maximum Gasteiger partial charge on any atom is 0.276 e. The van der Waals surface area contributed by atoms with Crippen molar-refractivity contribution in [2.75, 3.05) is 42.9 Å². The Bertz CT molecular complexity index is 766. The Balaban J connectivity index is 1.61. The van der Waals surface area contributed by atoms with Crippen LogP contribution in [0.25, 0.3) is 0 Å². The summed E-state index contributed by atoms with van der Waals surface area (Å²) in [6.07, 6.45) is 0. The van der Waals surface area contributed by atoms with Crippen molar-refractivity contribution in [3.05, 3.63) is 47.7 Å². The van der Waals surface area contributed by atoms with E-state index in [1.54, 1.807) is 30.3 Å². The molecular weight excluding hydrogens is 330 g/mol. The lowest BCUT2D eigenvalue weighted by Crippen LogP contribution is -2.46. The van der Waals surface area contributed by atoms with E-state index in [1.165, 1.54) is 6.92 Å². The van der Waals surface area contributed by atoms with Crippen LogP contribution in [-0.2, 0) is 0 Å². The monoisotopic (exact) mass is 353 g/mol. The molecule has 7 nitrogen and oxygen atoms in total. The highest BCUT2D eigenvalue weighted by Crippen LogP contribution is 2.14. The second-order valence-corrected chi connectivity index (χ2v) is 6.29.